The molecule has 0 aliphatic carbocycles. The second-order valence-electron chi connectivity index (χ2n) is 5.56. The van der Waals surface area contributed by atoms with Crippen LogP contribution in [0.1, 0.15) is 32.0 Å². The van der Waals surface area contributed by atoms with Gasteiger partial charge in [-0.3, -0.25) is 14.9 Å². The molecule has 2 aliphatic heterocycles. The van der Waals surface area contributed by atoms with Crippen LogP contribution in [0.25, 0.3) is 0 Å². The smallest absolute Gasteiger partial charge is 0.0755 e. The summed E-state index contributed by atoms with van der Waals surface area (Å²) in [5.41, 5.74) is 1.10. The Bertz CT molecular complexity index is 394. The number of aromatic nitrogens is 2. The molecule has 2 fully saturated rings. The van der Waals surface area contributed by atoms with Gasteiger partial charge in [0, 0.05) is 31.2 Å². The molecule has 0 saturated carbocycles. The molecule has 18 heavy (non-hydrogen) atoms. The van der Waals surface area contributed by atoms with Crippen LogP contribution in [0.15, 0.2) is 18.6 Å². The summed E-state index contributed by atoms with van der Waals surface area (Å²) >= 11 is 0. The number of nitrogens with one attached hydrogen (secondary N) is 1. The summed E-state index contributed by atoms with van der Waals surface area (Å²) in [4.78, 5) is 11.3. The molecule has 3 rings (SSSR count). The van der Waals surface area contributed by atoms with Gasteiger partial charge in [-0.2, -0.15) is 0 Å². The number of fused-ring (bicyclic) bond motifs is 1. The Kier molecular flexibility index (Phi) is 3.31. The van der Waals surface area contributed by atoms with Crippen molar-refractivity contribution in [1.29, 1.82) is 0 Å². The second kappa shape index (κ2) is 4.94. The lowest BCUT2D eigenvalue weighted by Gasteiger charge is -2.31. The highest BCUT2D eigenvalue weighted by Gasteiger charge is 2.44. The third-order valence-electron chi connectivity index (χ3n) is 4.68. The van der Waals surface area contributed by atoms with Crippen LogP contribution in [-0.4, -0.2) is 40.5 Å². The Morgan fingerprint density at radius 1 is 1.44 bits per heavy atom. The molecule has 0 aromatic carbocycles. The Balaban J connectivity index is 1.80. The van der Waals surface area contributed by atoms with E-state index in [1.165, 1.54) is 26.1 Å². The maximum Gasteiger partial charge on any atom is 0.0755 e. The lowest BCUT2D eigenvalue weighted by molar-refractivity contribution is 0.162. The first-order chi connectivity index (χ1) is 8.81. The molecule has 2 aliphatic rings. The van der Waals surface area contributed by atoms with Gasteiger partial charge in [0.15, 0.2) is 0 Å². The standard InChI is InChI=1S/C14H22N4/c1-3-14-12-7-16-6-11(12)9-18(14)10(2)13-8-15-4-5-17-13/h4-5,8,10-12,14,16H,3,6-7,9H2,1-2H3. The largest absolute Gasteiger partial charge is 0.316 e. The zero-order chi connectivity index (χ0) is 12.5. The lowest BCUT2D eigenvalue weighted by atomic mass is 9.92. The molecule has 2 saturated heterocycles. The molecular weight excluding hydrogens is 224 g/mol. The van der Waals surface area contributed by atoms with Crippen molar-refractivity contribution in [3.63, 3.8) is 0 Å². The maximum atomic E-state index is 4.47. The highest BCUT2D eigenvalue weighted by molar-refractivity contribution is 5.07. The van der Waals surface area contributed by atoms with Gasteiger partial charge < -0.3 is 5.32 Å². The van der Waals surface area contributed by atoms with Crippen molar-refractivity contribution in [2.45, 2.75) is 32.4 Å². The van der Waals surface area contributed by atoms with Crippen molar-refractivity contribution >= 4 is 0 Å². The van der Waals surface area contributed by atoms with Gasteiger partial charge >= 0.3 is 0 Å². The topological polar surface area (TPSA) is 41.0 Å². The van der Waals surface area contributed by atoms with E-state index in [0.717, 1.165) is 17.5 Å². The van der Waals surface area contributed by atoms with Crippen LogP contribution in [0, 0.1) is 11.8 Å². The van der Waals surface area contributed by atoms with Gasteiger partial charge in [0.1, 0.15) is 0 Å². The van der Waals surface area contributed by atoms with E-state index >= 15 is 0 Å². The number of likely N-dealkylation sites (tertiary alicyclic amines) is 1. The van der Waals surface area contributed by atoms with Crippen LogP contribution in [0.4, 0.5) is 0 Å². The molecule has 0 bridgehead atoms. The fraction of sp³-hybridized carbons (Fsp3) is 0.714. The summed E-state index contributed by atoms with van der Waals surface area (Å²) in [7, 11) is 0. The van der Waals surface area contributed by atoms with E-state index in [2.05, 4.69) is 34.0 Å². The molecular formula is C14H22N4. The van der Waals surface area contributed by atoms with Crippen molar-refractivity contribution in [2.24, 2.45) is 11.8 Å². The number of hydrogen-bond donors (Lipinski definition) is 1. The molecule has 4 heteroatoms. The van der Waals surface area contributed by atoms with Crippen molar-refractivity contribution in [2.75, 3.05) is 19.6 Å². The van der Waals surface area contributed by atoms with Crippen molar-refractivity contribution in [3.8, 4) is 0 Å². The SMILES string of the molecule is CCC1C2CNCC2CN1C(C)c1cnccn1. The summed E-state index contributed by atoms with van der Waals surface area (Å²) < 4.78 is 0. The normalized spacial score (nSPS) is 33.6. The van der Waals surface area contributed by atoms with E-state index in [1.54, 1.807) is 12.4 Å². The molecule has 98 valence electrons. The minimum absolute atomic E-state index is 0.384. The minimum atomic E-state index is 0.384. The van der Waals surface area contributed by atoms with Gasteiger partial charge in [-0.05, 0) is 38.3 Å². The predicted octanol–water partition coefficient (Wildman–Crippen LogP) is 1.47. The Morgan fingerprint density at radius 2 is 2.33 bits per heavy atom. The second-order valence-corrected chi connectivity index (χ2v) is 5.56. The maximum absolute atomic E-state index is 4.47. The molecule has 1 aromatic rings. The Morgan fingerprint density at radius 3 is 3.06 bits per heavy atom. The molecule has 4 nitrogen and oxygen atoms in total. The van der Waals surface area contributed by atoms with Gasteiger partial charge in [0.05, 0.1) is 11.7 Å². The fourth-order valence-electron chi connectivity index (χ4n) is 3.73. The van der Waals surface area contributed by atoms with Gasteiger partial charge in [0.2, 0.25) is 0 Å². The lowest BCUT2D eigenvalue weighted by Crippen LogP contribution is -2.37. The van der Waals surface area contributed by atoms with Gasteiger partial charge in [-0.1, -0.05) is 6.92 Å². The fourth-order valence-corrected chi connectivity index (χ4v) is 3.73. The Hall–Kier alpha value is -1.00. The summed E-state index contributed by atoms with van der Waals surface area (Å²) in [5.74, 6) is 1.66. The first-order valence-corrected chi connectivity index (χ1v) is 7.03. The van der Waals surface area contributed by atoms with Crippen LogP contribution in [0.5, 0.6) is 0 Å². The average Bonchev–Trinajstić information content (AvgIpc) is 2.98. The van der Waals surface area contributed by atoms with Crippen molar-refractivity contribution in [1.82, 2.24) is 20.2 Å². The van der Waals surface area contributed by atoms with Gasteiger partial charge in [0.25, 0.3) is 0 Å². The highest BCUT2D eigenvalue weighted by atomic mass is 15.2. The zero-order valence-corrected chi connectivity index (χ0v) is 11.2. The Labute approximate surface area is 109 Å². The van der Waals surface area contributed by atoms with E-state index in [0.29, 0.717) is 12.1 Å². The molecule has 0 amide bonds. The summed E-state index contributed by atoms with van der Waals surface area (Å²) in [6, 6.07) is 1.08. The highest BCUT2D eigenvalue weighted by Crippen LogP contribution is 2.38. The molecule has 0 spiro atoms. The quantitative estimate of drug-likeness (QED) is 0.877. The van der Waals surface area contributed by atoms with E-state index < -0.39 is 0 Å². The van der Waals surface area contributed by atoms with E-state index in [-0.39, 0.29) is 0 Å². The number of nitrogens with zero attached hydrogens (tertiary/aromatic N) is 3. The summed E-state index contributed by atoms with van der Waals surface area (Å²) in [5, 5.41) is 3.53. The van der Waals surface area contributed by atoms with Crippen LogP contribution >= 0.6 is 0 Å². The van der Waals surface area contributed by atoms with Gasteiger partial charge in [-0.15, -0.1) is 0 Å². The van der Waals surface area contributed by atoms with Crippen LogP contribution in [0.2, 0.25) is 0 Å². The minimum Gasteiger partial charge on any atom is -0.316 e. The number of hydrogen-bond acceptors (Lipinski definition) is 4. The average molecular weight is 246 g/mol. The van der Waals surface area contributed by atoms with Crippen LogP contribution < -0.4 is 5.32 Å². The third kappa shape index (κ3) is 1.93. The first-order valence-electron chi connectivity index (χ1n) is 7.03. The predicted molar refractivity (Wildman–Crippen MR) is 71.1 cm³/mol. The van der Waals surface area contributed by atoms with E-state index in [4.69, 9.17) is 0 Å². The van der Waals surface area contributed by atoms with Crippen molar-refractivity contribution < 1.29 is 0 Å². The molecule has 3 heterocycles. The van der Waals surface area contributed by atoms with E-state index in [1.807, 2.05) is 6.20 Å². The third-order valence-corrected chi connectivity index (χ3v) is 4.68. The molecule has 1 aromatic heterocycles. The van der Waals surface area contributed by atoms with Crippen LogP contribution in [0.3, 0.4) is 0 Å². The number of rotatable bonds is 3. The monoisotopic (exact) mass is 246 g/mol. The summed E-state index contributed by atoms with van der Waals surface area (Å²) in [6.45, 7) is 8.15. The van der Waals surface area contributed by atoms with Crippen LogP contribution in [-0.2, 0) is 0 Å². The molecule has 4 unspecified atom stereocenters. The molecule has 1 N–H and O–H groups in total. The van der Waals surface area contributed by atoms with Crippen molar-refractivity contribution in [3.05, 3.63) is 24.3 Å². The molecule has 0 radical (unpaired) electrons. The molecule has 4 atom stereocenters. The summed E-state index contributed by atoms with van der Waals surface area (Å²) in [6.07, 6.45) is 6.68. The van der Waals surface area contributed by atoms with E-state index in [9.17, 15) is 0 Å². The zero-order valence-electron chi connectivity index (χ0n) is 11.2. The first kappa shape index (κ1) is 12.1. The van der Waals surface area contributed by atoms with Gasteiger partial charge in [-0.25, -0.2) is 0 Å².